The van der Waals surface area contributed by atoms with Crippen LogP contribution in [0, 0.1) is 0 Å². The van der Waals surface area contributed by atoms with Gasteiger partial charge in [-0.25, -0.2) is 4.79 Å². The molecule has 1 aromatic rings. The number of pyridine rings is 1. The van der Waals surface area contributed by atoms with Crippen LogP contribution in [-0.2, 0) is 11.3 Å². The molecule has 96 valence electrons. The molecule has 1 fully saturated rings. The summed E-state index contributed by atoms with van der Waals surface area (Å²) in [5, 5.41) is 14.9. The lowest BCUT2D eigenvalue weighted by Crippen LogP contribution is -2.35. The van der Waals surface area contributed by atoms with Gasteiger partial charge in [-0.1, -0.05) is 0 Å². The first-order chi connectivity index (χ1) is 8.66. The predicted octanol–water partition coefficient (Wildman–Crippen LogP) is 0.148. The van der Waals surface area contributed by atoms with Crippen LogP contribution in [0.25, 0.3) is 0 Å². The Hall–Kier alpha value is -1.95. The Labute approximate surface area is 104 Å². The average molecular weight is 249 g/mol. The quantitative estimate of drug-likeness (QED) is 0.691. The number of carboxylic acid groups (broad SMARTS) is 1. The molecule has 0 radical (unpaired) electrons. The smallest absolute Gasteiger partial charge is 0.337 e. The van der Waals surface area contributed by atoms with E-state index < -0.39 is 5.97 Å². The van der Waals surface area contributed by atoms with E-state index in [2.05, 4.69) is 15.6 Å². The second-order valence-electron chi connectivity index (χ2n) is 4.24. The maximum atomic E-state index is 11.0. The summed E-state index contributed by atoms with van der Waals surface area (Å²) < 4.78 is 0. The van der Waals surface area contributed by atoms with E-state index in [1.807, 2.05) is 0 Å². The van der Waals surface area contributed by atoms with Gasteiger partial charge in [-0.15, -0.1) is 0 Å². The van der Waals surface area contributed by atoms with Crippen molar-refractivity contribution in [3.8, 4) is 0 Å². The summed E-state index contributed by atoms with van der Waals surface area (Å²) in [6.45, 7) is 1.01. The molecule has 1 aliphatic heterocycles. The van der Waals surface area contributed by atoms with Gasteiger partial charge >= 0.3 is 5.97 Å². The lowest BCUT2D eigenvalue weighted by atomic mass is 10.2. The maximum absolute atomic E-state index is 11.0. The number of amides is 1. The first kappa shape index (κ1) is 12.5. The molecule has 1 aromatic heterocycles. The van der Waals surface area contributed by atoms with Gasteiger partial charge in [0.1, 0.15) is 0 Å². The summed E-state index contributed by atoms with van der Waals surface area (Å²) in [5.74, 6) is -0.903. The Kier molecular flexibility index (Phi) is 3.88. The normalized spacial score (nSPS) is 18.7. The van der Waals surface area contributed by atoms with Crippen LogP contribution in [0.2, 0.25) is 0 Å². The summed E-state index contributed by atoms with van der Waals surface area (Å²) in [7, 11) is 0. The van der Waals surface area contributed by atoms with Gasteiger partial charge in [0.05, 0.1) is 11.3 Å². The number of hydrogen-bond donors (Lipinski definition) is 3. The number of hydrogen-bond acceptors (Lipinski definition) is 4. The molecule has 0 spiro atoms. The van der Waals surface area contributed by atoms with Gasteiger partial charge in [0.2, 0.25) is 5.91 Å². The van der Waals surface area contributed by atoms with Crippen molar-refractivity contribution in [1.29, 1.82) is 0 Å². The molecule has 1 saturated heterocycles. The van der Waals surface area contributed by atoms with E-state index in [0.717, 1.165) is 6.42 Å². The van der Waals surface area contributed by atoms with Crippen molar-refractivity contribution in [2.45, 2.75) is 25.4 Å². The van der Waals surface area contributed by atoms with Crippen LogP contribution in [0.15, 0.2) is 18.3 Å². The first-order valence-corrected chi connectivity index (χ1v) is 5.84. The zero-order chi connectivity index (χ0) is 13.0. The molecular formula is C12H15N3O3. The predicted molar refractivity (Wildman–Crippen MR) is 64.1 cm³/mol. The van der Waals surface area contributed by atoms with Crippen molar-refractivity contribution in [3.05, 3.63) is 29.6 Å². The number of nitrogens with one attached hydrogen (secondary N) is 2. The topological polar surface area (TPSA) is 91.3 Å². The van der Waals surface area contributed by atoms with Gasteiger partial charge in [0.15, 0.2) is 0 Å². The SMILES string of the molecule is O=C1CCC(CNCc2ncccc2C(=O)O)N1. The lowest BCUT2D eigenvalue weighted by molar-refractivity contribution is -0.119. The maximum Gasteiger partial charge on any atom is 0.337 e. The summed E-state index contributed by atoms with van der Waals surface area (Å²) in [6.07, 6.45) is 2.96. The van der Waals surface area contributed by atoms with Crippen LogP contribution in [0.4, 0.5) is 0 Å². The van der Waals surface area contributed by atoms with Crippen LogP contribution in [-0.4, -0.2) is 34.6 Å². The lowest BCUT2D eigenvalue weighted by Gasteiger charge is -2.11. The molecule has 1 amide bonds. The van der Waals surface area contributed by atoms with Crippen molar-refractivity contribution < 1.29 is 14.7 Å². The van der Waals surface area contributed by atoms with Gasteiger partial charge in [-0.3, -0.25) is 9.78 Å². The van der Waals surface area contributed by atoms with Gasteiger partial charge < -0.3 is 15.7 Å². The van der Waals surface area contributed by atoms with Crippen LogP contribution in [0.1, 0.15) is 28.9 Å². The van der Waals surface area contributed by atoms with Crippen LogP contribution < -0.4 is 10.6 Å². The number of nitrogens with zero attached hydrogens (tertiary/aromatic N) is 1. The molecule has 0 aromatic carbocycles. The fraction of sp³-hybridized carbons (Fsp3) is 0.417. The Morgan fingerprint density at radius 2 is 2.44 bits per heavy atom. The molecular weight excluding hydrogens is 234 g/mol. The minimum Gasteiger partial charge on any atom is -0.478 e. The van der Waals surface area contributed by atoms with E-state index in [0.29, 0.717) is 25.2 Å². The third kappa shape index (κ3) is 3.04. The molecule has 1 unspecified atom stereocenters. The summed E-state index contributed by atoms with van der Waals surface area (Å²) >= 11 is 0. The number of rotatable bonds is 5. The van der Waals surface area contributed by atoms with Gasteiger partial charge in [0, 0.05) is 31.7 Å². The van der Waals surface area contributed by atoms with E-state index in [1.54, 1.807) is 12.3 Å². The highest BCUT2D eigenvalue weighted by Crippen LogP contribution is 2.07. The van der Waals surface area contributed by atoms with Crippen LogP contribution in [0.3, 0.4) is 0 Å². The highest BCUT2D eigenvalue weighted by molar-refractivity contribution is 5.88. The number of carbonyl (C=O) groups is 2. The number of aromatic nitrogens is 1. The average Bonchev–Trinajstić information content (AvgIpc) is 2.75. The monoisotopic (exact) mass is 249 g/mol. The Morgan fingerprint density at radius 3 is 3.11 bits per heavy atom. The number of aromatic carboxylic acids is 1. The summed E-state index contributed by atoms with van der Waals surface area (Å²) in [5.41, 5.74) is 0.717. The third-order valence-corrected chi connectivity index (χ3v) is 2.89. The van der Waals surface area contributed by atoms with Gasteiger partial charge in [0.25, 0.3) is 0 Å². The molecule has 2 heterocycles. The zero-order valence-corrected chi connectivity index (χ0v) is 9.85. The number of carboxylic acids is 1. The highest BCUT2D eigenvalue weighted by atomic mass is 16.4. The summed E-state index contributed by atoms with van der Waals surface area (Å²) in [4.78, 5) is 26.0. The molecule has 6 nitrogen and oxygen atoms in total. The molecule has 18 heavy (non-hydrogen) atoms. The molecule has 1 atom stereocenters. The Balaban J connectivity index is 1.86. The minimum absolute atomic E-state index is 0.0749. The molecule has 3 N–H and O–H groups in total. The molecule has 0 saturated carbocycles. The number of carbonyl (C=O) groups excluding carboxylic acids is 1. The van der Waals surface area contributed by atoms with E-state index in [-0.39, 0.29) is 17.5 Å². The van der Waals surface area contributed by atoms with Crippen LogP contribution in [0.5, 0.6) is 0 Å². The standard InChI is InChI=1S/C12H15N3O3/c16-11-4-3-8(15-11)6-13-7-10-9(12(17)18)2-1-5-14-10/h1-2,5,8,13H,3-4,6-7H2,(H,15,16)(H,17,18). The van der Waals surface area contributed by atoms with Crippen molar-refractivity contribution in [2.24, 2.45) is 0 Å². The molecule has 0 bridgehead atoms. The fourth-order valence-corrected chi connectivity index (χ4v) is 1.97. The Bertz CT molecular complexity index is 462. The molecule has 6 heteroatoms. The molecule has 0 aliphatic carbocycles. The van der Waals surface area contributed by atoms with Gasteiger partial charge in [-0.2, -0.15) is 0 Å². The van der Waals surface area contributed by atoms with Crippen molar-refractivity contribution in [3.63, 3.8) is 0 Å². The zero-order valence-electron chi connectivity index (χ0n) is 9.85. The second-order valence-corrected chi connectivity index (χ2v) is 4.24. The van der Waals surface area contributed by atoms with E-state index in [9.17, 15) is 9.59 Å². The van der Waals surface area contributed by atoms with E-state index >= 15 is 0 Å². The summed E-state index contributed by atoms with van der Waals surface area (Å²) in [6, 6.07) is 3.27. The Morgan fingerprint density at radius 1 is 1.61 bits per heavy atom. The van der Waals surface area contributed by atoms with Crippen molar-refractivity contribution in [2.75, 3.05) is 6.54 Å². The first-order valence-electron chi connectivity index (χ1n) is 5.84. The molecule has 2 rings (SSSR count). The van der Waals surface area contributed by atoms with Crippen molar-refractivity contribution in [1.82, 2.24) is 15.6 Å². The van der Waals surface area contributed by atoms with E-state index in [1.165, 1.54) is 6.07 Å². The third-order valence-electron chi connectivity index (χ3n) is 2.89. The van der Waals surface area contributed by atoms with E-state index in [4.69, 9.17) is 5.11 Å². The minimum atomic E-state index is -0.978. The van der Waals surface area contributed by atoms with Crippen molar-refractivity contribution >= 4 is 11.9 Å². The largest absolute Gasteiger partial charge is 0.478 e. The highest BCUT2D eigenvalue weighted by Gasteiger charge is 2.20. The molecule has 1 aliphatic rings. The van der Waals surface area contributed by atoms with Gasteiger partial charge in [-0.05, 0) is 18.6 Å². The second kappa shape index (κ2) is 5.59. The fourth-order valence-electron chi connectivity index (χ4n) is 1.97. The van der Waals surface area contributed by atoms with Crippen LogP contribution >= 0.6 is 0 Å².